The van der Waals surface area contributed by atoms with Crippen molar-refractivity contribution in [3.05, 3.63) is 59.7 Å². The lowest BCUT2D eigenvalue weighted by atomic mass is 10.00. The molecule has 0 heterocycles. The lowest BCUT2D eigenvalue weighted by Crippen LogP contribution is -2.18. The highest BCUT2D eigenvalue weighted by molar-refractivity contribution is 5.95. The zero-order chi connectivity index (χ0) is 14.5. The molecule has 4 heteroatoms. The van der Waals surface area contributed by atoms with Gasteiger partial charge in [0, 0.05) is 11.4 Å². The lowest BCUT2D eigenvalue weighted by Gasteiger charge is -2.13. The van der Waals surface area contributed by atoms with Crippen LogP contribution >= 0.6 is 0 Å². The highest BCUT2D eigenvalue weighted by Gasteiger charge is 2.15. The van der Waals surface area contributed by atoms with Crippen molar-refractivity contribution in [1.29, 1.82) is 5.26 Å². The second-order valence-corrected chi connectivity index (χ2v) is 4.57. The number of amides is 1. The lowest BCUT2D eigenvalue weighted by molar-refractivity contribution is -0.117. The maximum absolute atomic E-state index is 12.2. The van der Waals surface area contributed by atoms with E-state index in [1.54, 1.807) is 36.4 Å². The standard InChI is InChI=1S/C16H15N3O/c1-11(13-3-2-4-14(18)9-13)16(20)19-15-7-5-12(10-17)6-8-15/h2-9,11H,18H2,1H3,(H,19,20). The van der Waals surface area contributed by atoms with E-state index >= 15 is 0 Å². The molecule has 0 bridgehead atoms. The summed E-state index contributed by atoms with van der Waals surface area (Å²) in [5, 5.41) is 11.5. The van der Waals surface area contributed by atoms with Gasteiger partial charge in [0.2, 0.25) is 5.91 Å². The van der Waals surface area contributed by atoms with Crippen LogP contribution in [-0.2, 0) is 4.79 Å². The number of anilines is 2. The Kier molecular flexibility index (Phi) is 4.02. The van der Waals surface area contributed by atoms with Crippen molar-refractivity contribution in [2.75, 3.05) is 11.1 Å². The molecule has 0 fully saturated rings. The molecule has 0 aromatic heterocycles. The number of nitrogens with two attached hydrogens (primary N) is 1. The summed E-state index contributed by atoms with van der Waals surface area (Å²) >= 11 is 0. The molecule has 20 heavy (non-hydrogen) atoms. The van der Waals surface area contributed by atoms with Gasteiger partial charge in [-0.2, -0.15) is 5.26 Å². The number of carbonyl (C=O) groups is 1. The summed E-state index contributed by atoms with van der Waals surface area (Å²) in [7, 11) is 0. The summed E-state index contributed by atoms with van der Waals surface area (Å²) in [6.45, 7) is 1.83. The Bertz CT molecular complexity index is 656. The summed E-state index contributed by atoms with van der Waals surface area (Å²) in [6.07, 6.45) is 0. The highest BCUT2D eigenvalue weighted by Crippen LogP contribution is 2.20. The first kappa shape index (κ1) is 13.6. The van der Waals surface area contributed by atoms with Crippen LogP contribution in [0.4, 0.5) is 11.4 Å². The molecule has 2 aromatic rings. The second kappa shape index (κ2) is 5.89. The minimum Gasteiger partial charge on any atom is -0.399 e. The molecule has 2 rings (SSSR count). The van der Waals surface area contributed by atoms with Gasteiger partial charge in [-0.15, -0.1) is 0 Å². The summed E-state index contributed by atoms with van der Waals surface area (Å²) in [5.74, 6) is -0.408. The average molecular weight is 265 g/mol. The Morgan fingerprint density at radius 2 is 1.95 bits per heavy atom. The van der Waals surface area contributed by atoms with Crippen LogP contribution in [0.2, 0.25) is 0 Å². The van der Waals surface area contributed by atoms with Crippen molar-refractivity contribution in [1.82, 2.24) is 0 Å². The number of carbonyl (C=O) groups excluding carboxylic acids is 1. The Hall–Kier alpha value is -2.80. The van der Waals surface area contributed by atoms with E-state index in [2.05, 4.69) is 5.32 Å². The smallest absolute Gasteiger partial charge is 0.231 e. The number of nitrogens with zero attached hydrogens (tertiary/aromatic N) is 1. The van der Waals surface area contributed by atoms with Crippen molar-refractivity contribution in [2.45, 2.75) is 12.8 Å². The molecule has 0 aliphatic heterocycles. The van der Waals surface area contributed by atoms with Crippen LogP contribution in [0.1, 0.15) is 24.0 Å². The summed E-state index contributed by atoms with van der Waals surface area (Å²) in [6, 6.07) is 16.1. The van der Waals surface area contributed by atoms with Gasteiger partial charge in [0.05, 0.1) is 17.6 Å². The molecule has 100 valence electrons. The molecule has 0 saturated carbocycles. The van der Waals surface area contributed by atoms with Crippen LogP contribution in [0.5, 0.6) is 0 Å². The molecule has 1 unspecified atom stereocenters. The van der Waals surface area contributed by atoms with E-state index in [0.29, 0.717) is 16.9 Å². The number of rotatable bonds is 3. The van der Waals surface area contributed by atoms with Gasteiger partial charge >= 0.3 is 0 Å². The van der Waals surface area contributed by atoms with Gasteiger partial charge in [0.15, 0.2) is 0 Å². The predicted octanol–water partition coefficient (Wildman–Crippen LogP) is 2.88. The number of nitrogen functional groups attached to an aromatic ring is 1. The Labute approximate surface area is 117 Å². The minimum atomic E-state index is -0.297. The Balaban J connectivity index is 2.09. The molecule has 3 N–H and O–H groups in total. The first-order valence-corrected chi connectivity index (χ1v) is 6.26. The number of hydrogen-bond donors (Lipinski definition) is 2. The van der Waals surface area contributed by atoms with E-state index < -0.39 is 0 Å². The molecule has 1 amide bonds. The minimum absolute atomic E-state index is 0.111. The van der Waals surface area contributed by atoms with Crippen molar-refractivity contribution >= 4 is 17.3 Å². The molecular weight excluding hydrogens is 250 g/mol. The summed E-state index contributed by atoms with van der Waals surface area (Å²) in [4.78, 5) is 12.2. The molecule has 4 nitrogen and oxygen atoms in total. The highest BCUT2D eigenvalue weighted by atomic mass is 16.1. The van der Waals surface area contributed by atoms with Crippen LogP contribution in [-0.4, -0.2) is 5.91 Å². The first-order chi connectivity index (χ1) is 9.60. The Morgan fingerprint density at radius 3 is 2.55 bits per heavy atom. The van der Waals surface area contributed by atoms with Crippen molar-refractivity contribution < 1.29 is 4.79 Å². The molecule has 0 aliphatic carbocycles. The number of benzene rings is 2. The van der Waals surface area contributed by atoms with Crippen molar-refractivity contribution in [2.24, 2.45) is 0 Å². The number of nitriles is 1. The van der Waals surface area contributed by atoms with Crippen LogP contribution in [0.25, 0.3) is 0 Å². The normalized spacial score (nSPS) is 11.4. The average Bonchev–Trinajstić information content (AvgIpc) is 2.47. The molecular formula is C16H15N3O. The molecule has 0 radical (unpaired) electrons. The first-order valence-electron chi connectivity index (χ1n) is 6.26. The molecule has 0 saturated heterocycles. The van der Waals surface area contributed by atoms with Gasteiger partial charge in [0.1, 0.15) is 0 Å². The fraction of sp³-hybridized carbons (Fsp3) is 0.125. The third-order valence-corrected chi connectivity index (χ3v) is 3.09. The van der Waals surface area contributed by atoms with Crippen molar-refractivity contribution in [3.8, 4) is 6.07 Å². The zero-order valence-corrected chi connectivity index (χ0v) is 11.1. The van der Waals surface area contributed by atoms with E-state index in [0.717, 1.165) is 5.56 Å². The molecule has 1 atom stereocenters. The maximum atomic E-state index is 12.2. The van der Waals surface area contributed by atoms with Gasteiger partial charge in [-0.1, -0.05) is 12.1 Å². The van der Waals surface area contributed by atoms with Crippen LogP contribution in [0.15, 0.2) is 48.5 Å². The monoisotopic (exact) mass is 265 g/mol. The second-order valence-electron chi connectivity index (χ2n) is 4.57. The third-order valence-electron chi connectivity index (χ3n) is 3.09. The third kappa shape index (κ3) is 3.15. The van der Waals surface area contributed by atoms with Crippen LogP contribution in [0.3, 0.4) is 0 Å². The van der Waals surface area contributed by atoms with Crippen molar-refractivity contribution in [3.63, 3.8) is 0 Å². The maximum Gasteiger partial charge on any atom is 0.231 e. The van der Waals surface area contributed by atoms with Gasteiger partial charge in [-0.3, -0.25) is 4.79 Å². The van der Waals surface area contributed by atoms with Crippen LogP contribution in [0, 0.1) is 11.3 Å². The van der Waals surface area contributed by atoms with Gasteiger partial charge in [0.25, 0.3) is 0 Å². The van der Waals surface area contributed by atoms with E-state index in [9.17, 15) is 4.79 Å². The fourth-order valence-corrected chi connectivity index (χ4v) is 1.86. The van der Waals surface area contributed by atoms with Gasteiger partial charge < -0.3 is 11.1 Å². The SMILES string of the molecule is CC(C(=O)Nc1ccc(C#N)cc1)c1cccc(N)c1. The number of hydrogen-bond acceptors (Lipinski definition) is 3. The van der Waals surface area contributed by atoms with E-state index in [1.807, 2.05) is 25.1 Å². The predicted molar refractivity (Wildman–Crippen MR) is 79.1 cm³/mol. The topological polar surface area (TPSA) is 78.9 Å². The zero-order valence-electron chi connectivity index (χ0n) is 11.1. The quantitative estimate of drug-likeness (QED) is 0.837. The van der Waals surface area contributed by atoms with Crippen LogP contribution < -0.4 is 11.1 Å². The molecule has 2 aromatic carbocycles. The summed E-state index contributed by atoms with van der Waals surface area (Å²) in [5.41, 5.74) is 8.46. The molecule has 0 spiro atoms. The van der Waals surface area contributed by atoms with Gasteiger partial charge in [-0.05, 0) is 48.9 Å². The largest absolute Gasteiger partial charge is 0.399 e. The fourth-order valence-electron chi connectivity index (χ4n) is 1.86. The number of nitrogens with one attached hydrogen (secondary N) is 1. The summed E-state index contributed by atoms with van der Waals surface area (Å²) < 4.78 is 0. The van der Waals surface area contributed by atoms with E-state index in [-0.39, 0.29) is 11.8 Å². The Morgan fingerprint density at radius 1 is 1.25 bits per heavy atom. The molecule has 0 aliphatic rings. The van der Waals surface area contributed by atoms with E-state index in [1.165, 1.54) is 0 Å². The van der Waals surface area contributed by atoms with E-state index in [4.69, 9.17) is 11.0 Å². The van der Waals surface area contributed by atoms with Gasteiger partial charge in [-0.25, -0.2) is 0 Å².